The summed E-state index contributed by atoms with van der Waals surface area (Å²) >= 11 is 0. The van der Waals surface area contributed by atoms with Crippen molar-refractivity contribution in [2.75, 3.05) is 10.6 Å². The molecular weight excluding hydrogens is 414 g/mol. The summed E-state index contributed by atoms with van der Waals surface area (Å²) in [5.41, 5.74) is 1.32. The minimum atomic E-state index is -4.26. The Morgan fingerprint density at radius 3 is 2.53 bits per heavy atom. The number of fused-ring (bicyclic) bond motifs is 1. The summed E-state index contributed by atoms with van der Waals surface area (Å²) in [6.07, 6.45) is 2.56. The Morgan fingerprint density at radius 1 is 0.933 bits per heavy atom. The number of sulfonamides is 1. The second-order valence-electron chi connectivity index (χ2n) is 6.21. The fourth-order valence-electron chi connectivity index (χ4n) is 2.78. The van der Waals surface area contributed by atoms with Gasteiger partial charge in [0.25, 0.3) is 0 Å². The van der Waals surface area contributed by atoms with E-state index in [1.807, 2.05) is 12.1 Å². The molecule has 0 radical (unpaired) electrons. The number of primary sulfonamides is 1. The molecule has 4 aromatic rings. The second kappa shape index (κ2) is 7.61. The van der Waals surface area contributed by atoms with Gasteiger partial charge in [0.2, 0.25) is 16.0 Å². The van der Waals surface area contributed by atoms with Crippen molar-refractivity contribution in [3.8, 4) is 0 Å². The van der Waals surface area contributed by atoms with Crippen molar-refractivity contribution in [3.63, 3.8) is 0 Å². The number of pyridine rings is 1. The lowest BCUT2D eigenvalue weighted by Crippen LogP contribution is -2.14. The molecule has 8 nitrogen and oxygen atoms in total. The zero-order chi connectivity index (χ0) is 21.3. The first-order chi connectivity index (χ1) is 14.3. The summed E-state index contributed by atoms with van der Waals surface area (Å²) in [6, 6.07) is 12.3. The predicted molar refractivity (Wildman–Crippen MR) is 108 cm³/mol. The van der Waals surface area contributed by atoms with E-state index in [1.54, 1.807) is 24.4 Å². The SMILES string of the molecule is NS(=O)(=O)c1cc(Nc2ncc(F)c(Nc3cccc4cccnc34)n2)ccc1F. The quantitative estimate of drug-likeness (QED) is 0.445. The third-order valence-corrected chi connectivity index (χ3v) is 5.05. The van der Waals surface area contributed by atoms with Crippen LogP contribution < -0.4 is 15.8 Å². The molecule has 152 valence electrons. The van der Waals surface area contributed by atoms with Crippen molar-refractivity contribution in [1.82, 2.24) is 15.0 Å². The smallest absolute Gasteiger partial charge is 0.241 e. The van der Waals surface area contributed by atoms with Gasteiger partial charge in [-0.3, -0.25) is 4.98 Å². The first-order valence-corrected chi connectivity index (χ1v) is 10.1. The van der Waals surface area contributed by atoms with Gasteiger partial charge in [0.05, 0.1) is 17.4 Å². The molecular formula is C19H14F2N6O2S. The van der Waals surface area contributed by atoms with Crippen LogP contribution in [0.3, 0.4) is 0 Å². The van der Waals surface area contributed by atoms with Crippen LogP contribution in [-0.4, -0.2) is 23.4 Å². The van der Waals surface area contributed by atoms with E-state index in [1.165, 1.54) is 6.07 Å². The van der Waals surface area contributed by atoms with Crippen molar-refractivity contribution in [2.45, 2.75) is 4.90 Å². The number of aromatic nitrogens is 3. The van der Waals surface area contributed by atoms with Crippen molar-refractivity contribution in [3.05, 3.63) is 72.6 Å². The average Bonchev–Trinajstić information content (AvgIpc) is 2.71. The Labute approximate surface area is 169 Å². The number of nitrogens with one attached hydrogen (secondary N) is 2. The van der Waals surface area contributed by atoms with Crippen LogP contribution in [0.1, 0.15) is 0 Å². The summed E-state index contributed by atoms with van der Waals surface area (Å²) in [5.74, 6) is -1.87. The molecule has 0 aliphatic carbocycles. The molecule has 11 heteroatoms. The third-order valence-electron chi connectivity index (χ3n) is 4.12. The van der Waals surface area contributed by atoms with E-state index in [-0.39, 0.29) is 17.5 Å². The summed E-state index contributed by atoms with van der Waals surface area (Å²) in [4.78, 5) is 11.5. The van der Waals surface area contributed by atoms with Gasteiger partial charge in [0, 0.05) is 17.3 Å². The molecule has 0 saturated heterocycles. The molecule has 0 fully saturated rings. The monoisotopic (exact) mass is 428 g/mol. The molecule has 0 aliphatic heterocycles. The van der Waals surface area contributed by atoms with Gasteiger partial charge >= 0.3 is 0 Å². The number of para-hydroxylation sites is 1. The first kappa shape index (κ1) is 19.6. The Kier molecular flexibility index (Phi) is 4.98. The van der Waals surface area contributed by atoms with Crippen molar-refractivity contribution < 1.29 is 17.2 Å². The van der Waals surface area contributed by atoms with Gasteiger partial charge in [-0.25, -0.2) is 27.3 Å². The maximum absolute atomic E-state index is 14.3. The highest BCUT2D eigenvalue weighted by Crippen LogP contribution is 2.26. The number of nitrogens with zero attached hydrogens (tertiary/aromatic N) is 3. The molecule has 30 heavy (non-hydrogen) atoms. The van der Waals surface area contributed by atoms with Gasteiger partial charge in [-0.15, -0.1) is 0 Å². The number of hydrogen-bond acceptors (Lipinski definition) is 7. The Morgan fingerprint density at radius 2 is 1.73 bits per heavy atom. The van der Waals surface area contributed by atoms with Crippen LogP contribution in [0.15, 0.2) is 65.8 Å². The van der Waals surface area contributed by atoms with Gasteiger partial charge in [-0.05, 0) is 30.3 Å². The van der Waals surface area contributed by atoms with Gasteiger partial charge in [-0.2, -0.15) is 4.98 Å². The summed E-state index contributed by atoms with van der Waals surface area (Å²) < 4.78 is 51.0. The van der Waals surface area contributed by atoms with Crippen molar-refractivity contribution in [2.24, 2.45) is 5.14 Å². The van der Waals surface area contributed by atoms with E-state index in [0.717, 1.165) is 23.7 Å². The van der Waals surface area contributed by atoms with Crippen LogP contribution in [0, 0.1) is 11.6 Å². The third kappa shape index (κ3) is 4.02. The first-order valence-electron chi connectivity index (χ1n) is 8.54. The molecule has 0 unspecified atom stereocenters. The molecule has 2 heterocycles. The summed E-state index contributed by atoms with van der Waals surface area (Å²) in [5, 5.41) is 11.4. The van der Waals surface area contributed by atoms with Gasteiger partial charge in [0.1, 0.15) is 10.7 Å². The van der Waals surface area contributed by atoms with Crippen LogP contribution in [0.25, 0.3) is 10.9 Å². The second-order valence-corrected chi connectivity index (χ2v) is 7.74. The summed E-state index contributed by atoms with van der Waals surface area (Å²) in [6.45, 7) is 0. The molecule has 4 rings (SSSR count). The van der Waals surface area contributed by atoms with E-state index in [2.05, 4.69) is 25.6 Å². The van der Waals surface area contributed by atoms with Gasteiger partial charge in [-0.1, -0.05) is 18.2 Å². The Balaban J connectivity index is 1.66. The highest BCUT2D eigenvalue weighted by molar-refractivity contribution is 7.89. The minimum Gasteiger partial charge on any atom is -0.336 e. The zero-order valence-electron chi connectivity index (χ0n) is 15.2. The lowest BCUT2D eigenvalue weighted by molar-refractivity contribution is 0.568. The standard InChI is InChI=1S/C19H14F2N6O2S/c20-13-7-6-12(9-16(13)30(22,28)29)25-19-24-10-14(21)18(27-19)26-15-5-1-3-11-4-2-8-23-17(11)15/h1-10H,(H2,22,28,29)(H2,24,25,26,27). The number of nitrogens with two attached hydrogens (primary N) is 1. The lowest BCUT2D eigenvalue weighted by atomic mass is 10.2. The van der Waals surface area contributed by atoms with E-state index in [0.29, 0.717) is 11.2 Å². The largest absolute Gasteiger partial charge is 0.336 e. The minimum absolute atomic E-state index is 0.0425. The number of hydrogen-bond donors (Lipinski definition) is 3. The molecule has 0 spiro atoms. The van der Waals surface area contributed by atoms with Crippen LogP contribution in [0.2, 0.25) is 0 Å². The molecule has 2 aromatic carbocycles. The number of benzene rings is 2. The lowest BCUT2D eigenvalue weighted by Gasteiger charge is -2.11. The normalized spacial score (nSPS) is 11.4. The van der Waals surface area contributed by atoms with Gasteiger partial charge < -0.3 is 10.6 Å². The van der Waals surface area contributed by atoms with E-state index in [9.17, 15) is 17.2 Å². The van der Waals surface area contributed by atoms with Crippen LogP contribution >= 0.6 is 0 Å². The summed E-state index contributed by atoms with van der Waals surface area (Å²) in [7, 11) is -4.26. The Bertz CT molecular complexity index is 1360. The van der Waals surface area contributed by atoms with Crippen LogP contribution in [-0.2, 0) is 10.0 Å². The molecule has 0 bridgehead atoms. The molecule has 0 atom stereocenters. The number of rotatable bonds is 5. The van der Waals surface area contributed by atoms with Crippen molar-refractivity contribution in [1.29, 1.82) is 0 Å². The van der Waals surface area contributed by atoms with Crippen molar-refractivity contribution >= 4 is 44.1 Å². The molecule has 4 N–H and O–H groups in total. The molecule has 0 saturated carbocycles. The maximum Gasteiger partial charge on any atom is 0.241 e. The zero-order valence-corrected chi connectivity index (χ0v) is 16.0. The van der Waals surface area contributed by atoms with Crippen LogP contribution in [0.4, 0.5) is 31.9 Å². The van der Waals surface area contributed by atoms with E-state index in [4.69, 9.17) is 5.14 Å². The Hall–Kier alpha value is -3.70. The van der Waals surface area contributed by atoms with E-state index < -0.39 is 26.6 Å². The highest BCUT2D eigenvalue weighted by atomic mass is 32.2. The fraction of sp³-hybridized carbons (Fsp3) is 0. The number of halogens is 2. The fourth-order valence-corrected chi connectivity index (χ4v) is 3.41. The maximum atomic E-state index is 14.3. The molecule has 2 aromatic heterocycles. The predicted octanol–water partition coefficient (Wildman–Crippen LogP) is 3.44. The average molecular weight is 428 g/mol. The molecule has 0 amide bonds. The van der Waals surface area contributed by atoms with Gasteiger partial charge in [0.15, 0.2) is 11.6 Å². The van der Waals surface area contributed by atoms with E-state index >= 15 is 0 Å². The topological polar surface area (TPSA) is 123 Å². The number of anilines is 4. The highest BCUT2D eigenvalue weighted by Gasteiger charge is 2.16. The van der Waals surface area contributed by atoms with Crippen LogP contribution in [0.5, 0.6) is 0 Å². The molecule has 0 aliphatic rings.